The Morgan fingerprint density at radius 3 is 2.71 bits per heavy atom. The molecule has 1 aliphatic heterocycles. The third kappa shape index (κ3) is 1.47. The summed E-state index contributed by atoms with van der Waals surface area (Å²) in [5.74, 6) is 0.745. The predicted molar refractivity (Wildman–Crippen MR) is 70.9 cm³/mol. The Bertz CT molecular complexity index is 368. The lowest BCUT2D eigenvalue weighted by Crippen LogP contribution is -2.50. The highest BCUT2D eigenvalue weighted by Crippen LogP contribution is 2.62. The quantitative estimate of drug-likeness (QED) is 0.567. The molecule has 3 rings (SSSR count). The summed E-state index contributed by atoms with van der Waals surface area (Å²) in [4.78, 5) is 0. The molecule has 0 unspecified atom stereocenters. The summed E-state index contributed by atoms with van der Waals surface area (Å²) in [6.45, 7) is 10.7. The number of hydrogen-bond acceptors (Lipinski definition) is 1. The van der Waals surface area contributed by atoms with Gasteiger partial charge in [-0.1, -0.05) is 38.8 Å². The lowest BCUT2D eigenvalue weighted by Gasteiger charge is -2.55. The fourth-order valence-corrected chi connectivity index (χ4v) is 5.13. The molecule has 1 heteroatoms. The summed E-state index contributed by atoms with van der Waals surface area (Å²) in [6.07, 6.45) is 9.03. The Hall–Kier alpha value is -0.300. The van der Waals surface area contributed by atoms with E-state index >= 15 is 0 Å². The van der Waals surface area contributed by atoms with Crippen LogP contribution in [0.2, 0.25) is 0 Å². The number of hydrogen-bond donors (Lipinski definition) is 0. The van der Waals surface area contributed by atoms with Crippen molar-refractivity contribution in [1.29, 1.82) is 0 Å². The van der Waals surface area contributed by atoms with Crippen LogP contribution in [0.15, 0.2) is 11.6 Å². The molecule has 0 aromatic carbocycles. The minimum Gasteiger partial charge on any atom is -0.375 e. The molecule has 0 N–H and O–H groups in total. The summed E-state index contributed by atoms with van der Waals surface area (Å²) in [5, 5.41) is 0. The smallest absolute Gasteiger partial charge is 0.0726 e. The van der Waals surface area contributed by atoms with Gasteiger partial charge in [0.15, 0.2) is 0 Å². The molecule has 3 atom stereocenters. The van der Waals surface area contributed by atoms with Crippen LogP contribution in [0.3, 0.4) is 0 Å². The van der Waals surface area contributed by atoms with Crippen LogP contribution in [-0.2, 0) is 4.74 Å². The lowest BCUT2D eigenvalue weighted by atomic mass is 9.50. The standard InChI is InChI=1S/C16H26O/c1-14(2)8-5-9-15(3)12(14)6-10-16(4)13(15)7-11-17-16/h6,13H,5,7-11H2,1-4H3/t13-,15+,16-/m0/s1. The third-order valence-electron chi connectivity index (χ3n) is 5.90. The van der Waals surface area contributed by atoms with Crippen molar-refractivity contribution >= 4 is 0 Å². The molecule has 96 valence electrons. The van der Waals surface area contributed by atoms with Gasteiger partial charge in [0.25, 0.3) is 0 Å². The van der Waals surface area contributed by atoms with Gasteiger partial charge in [-0.05, 0) is 49.4 Å². The van der Waals surface area contributed by atoms with Crippen LogP contribution in [0.4, 0.5) is 0 Å². The fourth-order valence-electron chi connectivity index (χ4n) is 5.13. The first-order valence-corrected chi connectivity index (χ1v) is 7.24. The van der Waals surface area contributed by atoms with Gasteiger partial charge in [-0.3, -0.25) is 0 Å². The maximum absolute atomic E-state index is 6.08. The fraction of sp³-hybridized carbons (Fsp3) is 0.875. The Labute approximate surface area is 106 Å². The van der Waals surface area contributed by atoms with Crippen molar-refractivity contribution in [3.8, 4) is 0 Å². The van der Waals surface area contributed by atoms with Gasteiger partial charge in [0.1, 0.15) is 0 Å². The van der Waals surface area contributed by atoms with Gasteiger partial charge >= 0.3 is 0 Å². The molecule has 0 amide bonds. The van der Waals surface area contributed by atoms with Gasteiger partial charge in [0, 0.05) is 6.61 Å². The van der Waals surface area contributed by atoms with Crippen molar-refractivity contribution in [3.63, 3.8) is 0 Å². The van der Waals surface area contributed by atoms with Crippen LogP contribution in [-0.4, -0.2) is 12.2 Å². The van der Waals surface area contributed by atoms with E-state index in [0.29, 0.717) is 10.8 Å². The summed E-state index contributed by atoms with van der Waals surface area (Å²) < 4.78 is 6.08. The Kier molecular flexibility index (Phi) is 2.34. The molecule has 1 nitrogen and oxygen atoms in total. The minimum atomic E-state index is 0.131. The Morgan fingerprint density at radius 1 is 1.18 bits per heavy atom. The Balaban J connectivity index is 2.07. The molecule has 2 fully saturated rings. The highest BCUT2D eigenvalue weighted by Gasteiger charge is 2.56. The number of rotatable bonds is 0. The monoisotopic (exact) mass is 234 g/mol. The minimum absolute atomic E-state index is 0.131. The van der Waals surface area contributed by atoms with Crippen molar-refractivity contribution < 1.29 is 4.74 Å². The first-order chi connectivity index (χ1) is 7.89. The van der Waals surface area contributed by atoms with Gasteiger partial charge in [0.05, 0.1) is 5.60 Å². The SMILES string of the molecule is CC1(C)CCC[C@]2(C)C1=CC[C@]1(C)OCC[C@H]12. The second kappa shape index (κ2) is 3.38. The van der Waals surface area contributed by atoms with Gasteiger partial charge in [-0.25, -0.2) is 0 Å². The van der Waals surface area contributed by atoms with Crippen molar-refractivity contribution in [2.45, 2.75) is 65.4 Å². The molecule has 1 heterocycles. The van der Waals surface area contributed by atoms with Gasteiger partial charge in [0.2, 0.25) is 0 Å². The molecule has 0 radical (unpaired) electrons. The first kappa shape index (κ1) is 11.8. The van der Waals surface area contributed by atoms with Crippen LogP contribution < -0.4 is 0 Å². The third-order valence-corrected chi connectivity index (χ3v) is 5.90. The largest absolute Gasteiger partial charge is 0.375 e. The van der Waals surface area contributed by atoms with Crippen molar-refractivity contribution in [2.24, 2.45) is 16.7 Å². The lowest BCUT2D eigenvalue weighted by molar-refractivity contribution is -0.0523. The van der Waals surface area contributed by atoms with E-state index in [4.69, 9.17) is 4.74 Å². The summed E-state index contributed by atoms with van der Waals surface area (Å²) in [5.41, 5.74) is 2.69. The first-order valence-electron chi connectivity index (χ1n) is 7.24. The second-order valence-electron chi connectivity index (χ2n) is 7.48. The molecule has 1 saturated heterocycles. The van der Waals surface area contributed by atoms with Gasteiger partial charge < -0.3 is 4.74 Å². The number of fused-ring (bicyclic) bond motifs is 3. The Morgan fingerprint density at radius 2 is 1.94 bits per heavy atom. The molecule has 17 heavy (non-hydrogen) atoms. The van der Waals surface area contributed by atoms with E-state index in [0.717, 1.165) is 18.9 Å². The molecule has 0 aromatic rings. The van der Waals surface area contributed by atoms with E-state index in [1.807, 2.05) is 0 Å². The van der Waals surface area contributed by atoms with E-state index in [1.54, 1.807) is 5.57 Å². The maximum atomic E-state index is 6.08. The average Bonchev–Trinajstić information content (AvgIpc) is 2.60. The molecule has 0 aromatic heterocycles. The van der Waals surface area contributed by atoms with Crippen LogP contribution >= 0.6 is 0 Å². The number of ether oxygens (including phenoxy) is 1. The molecule has 0 bridgehead atoms. The van der Waals surface area contributed by atoms with Crippen LogP contribution in [0, 0.1) is 16.7 Å². The molecule has 3 aliphatic rings. The van der Waals surface area contributed by atoms with Crippen LogP contribution in [0.5, 0.6) is 0 Å². The molecular weight excluding hydrogens is 208 g/mol. The predicted octanol–water partition coefficient (Wildman–Crippen LogP) is 4.33. The topological polar surface area (TPSA) is 9.23 Å². The zero-order valence-electron chi connectivity index (χ0n) is 11.8. The van der Waals surface area contributed by atoms with E-state index in [9.17, 15) is 0 Å². The normalized spacial score (nSPS) is 48.2. The van der Waals surface area contributed by atoms with Crippen molar-refractivity contribution in [2.75, 3.05) is 6.61 Å². The molecule has 1 saturated carbocycles. The van der Waals surface area contributed by atoms with Crippen molar-refractivity contribution in [3.05, 3.63) is 11.6 Å². The summed E-state index contributed by atoms with van der Waals surface area (Å²) in [6, 6.07) is 0. The summed E-state index contributed by atoms with van der Waals surface area (Å²) >= 11 is 0. The van der Waals surface area contributed by atoms with Crippen molar-refractivity contribution in [1.82, 2.24) is 0 Å². The molecule has 2 aliphatic carbocycles. The molecule has 0 spiro atoms. The van der Waals surface area contributed by atoms with Crippen LogP contribution in [0.1, 0.15) is 59.8 Å². The van der Waals surface area contributed by atoms with Gasteiger partial charge in [-0.15, -0.1) is 0 Å². The highest BCUT2D eigenvalue weighted by molar-refractivity contribution is 5.30. The zero-order chi connectivity index (χ0) is 12.3. The zero-order valence-corrected chi connectivity index (χ0v) is 11.8. The molecular formula is C16H26O. The highest BCUT2D eigenvalue weighted by atomic mass is 16.5. The summed E-state index contributed by atoms with van der Waals surface area (Å²) in [7, 11) is 0. The number of allylic oxidation sites excluding steroid dienone is 1. The van der Waals surface area contributed by atoms with E-state index in [2.05, 4.69) is 33.8 Å². The van der Waals surface area contributed by atoms with Gasteiger partial charge in [-0.2, -0.15) is 0 Å². The van der Waals surface area contributed by atoms with E-state index in [1.165, 1.54) is 25.7 Å². The average molecular weight is 234 g/mol. The second-order valence-corrected chi connectivity index (χ2v) is 7.48. The van der Waals surface area contributed by atoms with E-state index in [-0.39, 0.29) is 5.60 Å². The maximum Gasteiger partial charge on any atom is 0.0726 e. The van der Waals surface area contributed by atoms with Crippen LogP contribution in [0.25, 0.3) is 0 Å². The van der Waals surface area contributed by atoms with E-state index < -0.39 is 0 Å².